The van der Waals surface area contributed by atoms with Gasteiger partial charge in [0.1, 0.15) is 5.92 Å². The lowest BCUT2D eigenvalue weighted by atomic mass is 9.91. The molecule has 0 radical (unpaired) electrons. The Hall–Kier alpha value is -4.00. The molecular formula is C21H17N3O4. The number of nitro groups is 1. The minimum atomic E-state index is -0.657. The van der Waals surface area contributed by atoms with E-state index in [-0.39, 0.29) is 11.5 Å². The molecule has 7 heteroatoms. The highest BCUT2D eigenvalue weighted by atomic mass is 16.7. The van der Waals surface area contributed by atoms with Gasteiger partial charge in [0.25, 0.3) is 5.69 Å². The van der Waals surface area contributed by atoms with Gasteiger partial charge in [0.05, 0.1) is 4.92 Å². The molecule has 0 amide bonds. The molecule has 0 bridgehead atoms. The first-order valence-corrected chi connectivity index (χ1v) is 8.45. The third kappa shape index (κ3) is 4.39. The molecular weight excluding hydrogens is 358 g/mol. The third-order valence-corrected chi connectivity index (χ3v) is 4.11. The fourth-order valence-corrected chi connectivity index (χ4v) is 2.71. The van der Waals surface area contributed by atoms with Crippen molar-refractivity contribution in [3.63, 3.8) is 0 Å². The van der Waals surface area contributed by atoms with E-state index in [0.717, 1.165) is 11.1 Å². The van der Waals surface area contributed by atoms with Crippen molar-refractivity contribution in [3.8, 4) is 0 Å². The summed E-state index contributed by atoms with van der Waals surface area (Å²) in [6.45, 7) is 0. The second kappa shape index (κ2) is 8.59. The van der Waals surface area contributed by atoms with Crippen molar-refractivity contribution in [1.29, 1.82) is 0 Å². The fraction of sp³-hybridized carbons (Fsp3) is 0.0476. The number of hydrogen-bond donors (Lipinski definition) is 1. The lowest BCUT2D eigenvalue weighted by Gasteiger charge is -2.15. The smallest absolute Gasteiger partial charge is 0.346 e. The van der Waals surface area contributed by atoms with Crippen LogP contribution in [0, 0.1) is 10.1 Å². The van der Waals surface area contributed by atoms with Gasteiger partial charge >= 0.3 is 5.97 Å². The number of hydrogen-bond acceptors (Lipinski definition) is 5. The van der Waals surface area contributed by atoms with Gasteiger partial charge in [-0.15, -0.1) is 0 Å². The van der Waals surface area contributed by atoms with E-state index in [1.165, 1.54) is 24.3 Å². The highest BCUT2D eigenvalue weighted by Crippen LogP contribution is 2.26. The van der Waals surface area contributed by atoms with Crippen molar-refractivity contribution < 1.29 is 14.6 Å². The average molecular weight is 375 g/mol. The van der Waals surface area contributed by atoms with Crippen molar-refractivity contribution in [3.05, 3.63) is 112 Å². The van der Waals surface area contributed by atoms with Crippen LogP contribution in [0.1, 0.15) is 22.6 Å². The molecule has 0 unspecified atom stereocenters. The molecule has 0 aliphatic heterocycles. The van der Waals surface area contributed by atoms with Crippen LogP contribution < -0.4 is 5.73 Å². The number of nitro benzene ring substituents is 1. The Bertz CT molecular complexity index is 948. The molecule has 0 aliphatic carbocycles. The summed E-state index contributed by atoms with van der Waals surface area (Å²) < 4.78 is 0. The minimum absolute atomic E-state index is 0.0527. The normalized spacial score (nSPS) is 11.2. The number of nitrogens with zero attached hydrogens (tertiary/aromatic N) is 2. The zero-order valence-corrected chi connectivity index (χ0v) is 14.8. The lowest BCUT2D eigenvalue weighted by molar-refractivity contribution is -0.384. The monoisotopic (exact) mass is 375 g/mol. The Morgan fingerprint density at radius 1 is 0.893 bits per heavy atom. The molecule has 0 saturated heterocycles. The zero-order valence-electron chi connectivity index (χ0n) is 14.8. The molecule has 0 aromatic heterocycles. The van der Waals surface area contributed by atoms with Crippen LogP contribution in [-0.4, -0.2) is 16.7 Å². The Balaban J connectivity index is 1.82. The minimum Gasteiger partial charge on any atom is -0.380 e. The van der Waals surface area contributed by atoms with Gasteiger partial charge in [-0.3, -0.25) is 10.1 Å². The average Bonchev–Trinajstić information content (AvgIpc) is 2.74. The standard InChI is InChI=1S/C21H17N3O4/c22-20(17-11-13-18(14-12-17)24(26)27)23-28-21(25)19(15-7-3-1-4-8-15)16-9-5-2-6-10-16/h1-14,19H,(H2,22,23). The Morgan fingerprint density at radius 2 is 1.39 bits per heavy atom. The maximum Gasteiger partial charge on any atom is 0.346 e. The maximum atomic E-state index is 12.7. The van der Waals surface area contributed by atoms with Crippen LogP contribution in [0.3, 0.4) is 0 Å². The summed E-state index contributed by atoms with van der Waals surface area (Å²) in [5, 5.41) is 14.4. The number of rotatable bonds is 6. The highest BCUT2D eigenvalue weighted by molar-refractivity contribution is 5.97. The highest BCUT2D eigenvalue weighted by Gasteiger charge is 2.24. The van der Waals surface area contributed by atoms with E-state index in [1.807, 2.05) is 60.7 Å². The Morgan fingerprint density at radius 3 is 1.86 bits per heavy atom. The zero-order chi connectivity index (χ0) is 19.9. The first kappa shape index (κ1) is 18.8. The van der Waals surface area contributed by atoms with Crippen molar-refractivity contribution >= 4 is 17.5 Å². The van der Waals surface area contributed by atoms with Gasteiger partial charge in [0, 0.05) is 17.7 Å². The van der Waals surface area contributed by atoms with Crippen LogP contribution in [0.5, 0.6) is 0 Å². The molecule has 0 fully saturated rings. The van der Waals surface area contributed by atoms with Gasteiger partial charge in [0.2, 0.25) is 0 Å². The molecule has 0 aliphatic rings. The van der Waals surface area contributed by atoms with Gasteiger partial charge in [-0.25, -0.2) is 4.79 Å². The summed E-state index contributed by atoms with van der Waals surface area (Å²) in [6.07, 6.45) is 0. The molecule has 28 heavy (non-hydrogen) atoms. The summed E-state index contributed by atoms with van der Waals surface area (Å²) in [4.78, 5) is 28.0. The SMILES string of the molecule is N/C(=N\OC(=O)C(c1ccccc1)c1ccccc1)c1ccc([N+](=O)[O-])cc1. The quantitative estimate of drug-likeness (QED) is 0.233. The van der Waals surface area contributed by atoms with E-state index in [1.54, 1.807) is 0 Å². The van der Waals surface area contributed by atoms with Gasteiger partial charge < -0.3 is 10.6 Å². The molecule has 140 valence electrons. The summed E-state index contributed by atoms with van der Waals surface area (Å²) in [7, 11) is 0. The Kier molecular flexibility index (Phi) is 5.76. The molecule has 3 aromatic carbocycles. The molecule has 0 saturated carbocycles. The second-order valence-corrected chi connectivity index (χ2v) is 5.95. The molecule has 3 rings (SSSR count). The fourth-order valence-electron chi connectivity index (χ4n) is 2.71. The summed E-state index contributed by atoms with van der Waals surface area (Å²) >= 11 is 0. The second-order valence-electron chi connectivity index (χ2n) is 5.95. The van der Waals surface area contributed by atoms with Crippen LogP contribution in [-0.2, 0) is 9.63 Å². The van der Waals surface area contributed by atoms with E-state index in [0.29, 0.717) is 5.56 Å². The largest absolute Gasteiger partial charge is 0.380 e. The third-order valence-electron chi connectivity index (χ3n) is 4.11. The maximum absolute atomic E-state index is 12.7. The Labute approximate surface area is 161 Å². The number of oxime groups is 1. The molecule has 3 aromatic rings. The molecule has 7 nitrogen and oxygen atoms in total. The van der Waals surface area contributed by atoms with Crippen LogP contribution in [0.25, 0.3) is 0 Å². The van der Waals surface area contributed by atoms with E-state index >= 15 is 0 Å². The van der Waals surface area contributed by atoms with Crippen molar-refractivity contribution in [2.75, 3.05) is 0 Å². The van der Waals surface area contributed by atoms with Crippen LogP contribution >= 0.6 is 0 Å². The number of carbonyl (C=O) groups is 1. The van der Waals surface area contributed by atoms with Gasteiger partial charge in [-0.05, 0) is 23.3 Å². The van der Waals surface area contributed by atoms with Crippen molar-refractivity contribution in [1.82, 2.24) is 0 Å². The molecule has 0 heterocycles. The van der Waals surface area contributed by atoms with Crippen LogP contribution in [0.15, 0.2) is 90.1 Å². The van der Waals surface area contributed by atoms with E-state index in [2.05, 4.69) is 5.16 Å². The first-order valence-electron chi connectivity index (χ1n) is 8.45. The first-order chi connectivity index (χ1) is 13.6. The van der Waals surface area contributed by atoms with E-state index in [4.69, 9.17) is 10.6 Å². The number of non-ortho nitro benzene ring substituents is 1. The topological polar surface area (TPSA) is 108 Å². The van der Waals surface area contributed by atoms with Gasteiger partial charge in [-0.1, -0.05) is 65.8 Å². The number of nitrogens with two attached hydrogens (primary N) is 1. The predicted octanol–water partition coefficient (Wildman–Crippen LogP) is 3.59. The van der Waals surface area contributed by atoms with Crippen LogP contribution in [0.2, 0.25) is 0 Å². The molecule has 2 N–H and O–H groups in total. The van der Waals surface area contributed by atoms with Gasteiger partial charge in [-0.2, -0.15) is 0 Å². The summed E-state index contributed by atoms with van der Waals surface area (Å²) in [5.74, 6) is -1.29. The van der Waals surface area contributed by atoms with Crippen LogP contribution in [0.4, 0.5) is 5.69 Å². The van der Waals surface area contributed by atoms with Crippen molar-refractivity contribution in [2.24, 2.45) is 10.9 Å². The summed E-state index contributed by atoms with van der Waals surface area (Å²) in [5.41, 5.74) is 7.73. The number of benzene rings is 3. The van der Waals surface area contributed by atoms with Crippen molar-refractivity contribution in [2.45, 2.75) is 5.92 Å². The molecule has 0 atom stereocenters. The molecule has 0 spiro atoms. The summed E-state index contributed by atoms with van der Waals surface area (Å²) in [6, 6.07) is 23.9. The predicted molar refractivity (Wildman–Crippen MR) is 105 cm³/mol. The van der Waals surface area contributed by atoms with Gasteiger partial charge in [0.15, 0.2) is 5.84 Å². The van der Waals surface area contributed by atoms with E-state index < -0.39 is 16.8 Å². The van der Waals surface area contributed by atoms with E-state index in [9.17, 15) is 14.9 Å². The lowest BCUT2D eigenvalue weighted by Crippen LogP contribution is -2.19. The number of amidine groups is 1. The number of carbonyl (C=O) groups excluding carboxylic acids is 1.